The fourth-order valence-electron chi connectivity index (χ4n) is 2.37. The van der Waals surface area contributed by atoms with Crippen molar-refractivity contribution < 1.29 is 4.79 Å². The highest BCUT2D eigenvalue weighted by Crippen LogP contribution is 2.27. The summed E-state index contributed by atoms with van der Waals surface area (Å²) in [5, 5.41) is 11.5. The summed E-state index contributed by atoms with van der Waals surface area (Å²) >= 11 is 18.3. The molecule has 0 bridgehead atoms. The highest BCUT2D eigenvalue weighted by atomic mass is 35.5. The first-order chi connectivity index (χ1) is 12.5. The zero-order valence-corrected chi connectivity index (χ0v) is 15.5. The molecule has 26 heavy (non-hydrogen) atoms. The Morgan fingerprint density at radius 2 is 1.50 bits per heavy atom. The molecule has 0 atom stereocenters. The number of nitrogens with one attached hydrogen (secondary N) is 4. The van der Waals surface area contributed by atoms with Gasteiger partial charge in [0.05, 0.1) is 16.3 Å². The van der Waals surface area contributed by atoms with E-state index in [1.807, 2.05) is 0 Å². The van der Waals surface area contributed by atoms with Crippen molar-refractivity contribution in [1.29, 1.82) is 0 Å². The van der Waals surface area contributed by atoms with Crippen LogP contribution in [0, 0.1) is 0 Å². The number of amides is 2. The molecule has 0 spiro atoms. The van der Waals surface area contributed by atoms with Gasteiger partial charge in [-0.15, -0.1) is 0 Å². The lowest BCUT2D eigenvalue weighted by Crippen LogP contribution is -2.21. The van der Waals surface area contributed by atoms with Crippen molar-refractivity contribution in [3.05, 3.63) is 79.0 Å². The molecule has 0 fully saturated rings. The third-order valence-electron chi connectivity index (χ3n) is 3.65. The van der Waals surface area contributed by atoms with Crippen LogP contribution in [-0.2, 0) is 6.42 Å². The summed E-state index contributed by atoms with van der Waals surface area (Å²) in [6.45, 7) is 0. The second-order valence-electron chi connectivity index (χ2n) is 5.37. The van der Waals surface area contributed by atoms with Crippen molar-refractivity contribution >= 4 is 52.3 Å². The number of urea groups is 1. The first kappa shape index (κ1) is 18.4. The molecule has 2 amide bonds. The number of H-pyrrole nitrogens is 2. The predicted molar refractivity (Wildman–Crippen MR) is 105 cm³/mol. The first-order valence-electron chi connectivity index (χ1n) is 7.50. The second kappa shape index (κ2) is 7.86. The van der Waals surface area contributed by atoms with E-state index in [9.17, 15) is 9.59 Å². The van der Waals surface area contributed by atoms with Gasteiger partial charge in [-0.3, -0.25) is 20.3 Å². The van der Waals surface area contributed by atoms with Crippen molar-refractivity contribution in [2.45, 2.75) is 6.42 Å². The summed E-state index contributed by atoms with van der Waals surface area (Å²) in [7, 11) is 0. The van der Waals surface area contributed by atoms with Crippen LogP contribution in [-0.4, -0.2) is 16.2 Å². The van der Waals surface area contributed by atoms with Crippen LogP contribution >= 0.6 is 34.8 Å². The number of carbonyl (C=O) groups is 1. The Bertz CT molecular complexity index is 993. The van der Waals surface area contributed by atoms with Crippen molar-refractivity contribution in [3.8, 4) is 0 Å². The molecule has 0 aliphatic heterocycles. The molecule has 1 aromatic heterocycles. The van der Waals surface area contributed by atoms with Gasteiger partial charge in [0.1, 0.15) is 5.82 Å². The third kappa shape index (κ3) is 4.04. The fraction of sp³-hybridized carbons (Fsp3) is 0.0588. The van der Waals surface area contributed by atoms with Crippen LogP contribution in [0.25, 0.3) is 0 Å². The lowest BCUT2D eigenvalue weighted by Gasteiger charge is -2.10. The molecular weight excluding hydrogens is 399 g/mol. The van der Waals surface area contributed by atoms with Gasteiger partial charge in [0.15, 0.2) is 0 Å². The number of para-hydroxylation sites is 1. The van der Waals surface area contributed by atoms with Crippen LogP contribution in [0.3, 0.4) is 0 Å². The van der Waals surface area contributed by atoms with E-state index in [4.69, 9.17) is 34.8 Å². The van der Waals surface area contributed by atoms with Gasteiger partial charge < -0.3 is 5.32 Å². The molecule has 0 saturated heterocycles. The maximum Gasteiger partial charge on any atom is 0.324 e. The van der Waals surface area contributed by atoms with E-state index in [1.165, 1.54) is 0 Å². The fourth-order valence-corrected chi connectivity index (χ4v) is 3.08. The highest BCUT2D eigenvalue weighted by molar-refractivity contribution is 6.36. The summed E-state index contributed by atoms with van der Waals surface area (Å²) in [4.78, 5) is 24.3. The average Bonchev–Trinajstić information content (AvgIpc) is 2.93. The molecule has 0 unspecified atom stereocenters. The van der Waals surface area contributed by atoms with E-state index in [2.05, 4.69) is 20.8 Å². The molecule has 0 saturated carbocycles. The minimum Gasteiger partial charge on any atom is -0.306 e. The van der Waals surface area contributed by atoms with Crippen molar-refractivity contribution in [1.82, 2.24) is 10.2 Å². The van der Waals surface area contributed by atoms with Crippen LogP contribution in [0.4, 0.5) is 16.3 Å². The summed E-state index contributed by atoms with van der Waals surface area (Å²) in [5.41, 5.74) is 0.957. The number of aromatic amines is 2. The predicted octanol–water partition coefficient (Wildman–Crippen LogP) is 4.90. The normalized spacial score (nSPS) is 10.6. The lowest BCUT2D eigenvalue weighted by molar-refractivity contribution is 0.262. The Morgan fingerprint density at radius 3 is 2.19 bits per heavy atom. The number of halogens is 3. The molecular formula is C17H13Cl3N4O2. The van der Waals surface area contributed by atoms with Gasteiger partial charge in [-0.2, -0.15) is 0 Å². The van der Waals surface area contributed by atoms with Gasteiger partial charge in [0, 0.05) is 16.5 Å². The summed E-state index contributed by atoms with van der Waals surface area (Å²) in [6, 6.07) is 11.3. The summed E-state index contributed by atoms with van der Waals surface area (Å²) < 4.78 is 0. The van der Waals surface area contributed by atoms with E-state index < -0.39 is 6.03 Å². The maximum atomic E-state index is 12.2. The highest BCUT2D eigenvalue weighted by Gasteiger charge is 2.16. The first-order valence-corrected chi connectivity index (χ1v) is 8.64. The lowest BCUT2D eigenvalue weighted by atomic mass is 10.1. The number of aromatic nitrogens is 2. The van der Waals surface area contributed by atoms with Gasteiger partial charge in [0.25, 0.3) is 5.56 Å². The Hall–Kier alpha value is -2.41. The van der Waals surface area contributed by atoms with E-state index >= 15 is 0 Å². The third-order valence-corrected chi connectivity index (χ3v) is 4.69. The molecule has 0 aliphatic rings. The molecule has 0 radical (unpaired) electrons. The Labute approximate surface area is 163 Å². The molecule has 6 nitrogen and oxygen atoms in total. The number of carbonyl (C=O) groups excluding carboxylic acids is 1. The SMILES string of the molecule is O=C(Nc1ccccc1Cl)Nc1[nH][nH]c(=O)c1Cc1c(Cl)cccc1Cl. The van der Waals surface area contributed by atoms with Crippen LogP contribution < -0.4 is 16.2 Å². The molecule has 1 heterocycles. The van der Waals surface area contributed by atoms with E-state index in [0.29, 0.717) is 31.9 Å². The maximum absolute atomic E-state index is 12.2. The van der Waals surface area contributed by atoms with Gasteiger partial charge >= 0.3 is 6.03 Å². The van der Waals surface area contributed by atoms with Gasteiger partial charge in [0.2, 0.25) is 0 Å². The van der Waals surface area contributed by atoms with E-state index in [-0.39, 0.29) is 17.8 Å². The zero-order chi connectivity index (χ0) is 18.7. The molecule has 0 aliphatic carbocycles. The van der Waals surface area contributed by atoms with Gasteiger partial charge in [-0.05, 0) is 29.8 Å². The Balaban J connectivity index is 1.81. The van der Waals surface area contributed by atoms with Crippen LogP contribution in [0.1, 0.15) is 11.1 Å². The van der Waals surface area contributed by atoms with Crippen LogP contribution in [0.2, 0.25) is 15.1 Å². The smallest absolute Gasteiger partial charge is 0.306 e. The molecule has 2 aromatic carbocycles. The number of hydrogen-bond donors (Lipinski definition) is 4. The Morgan fingerprint density at radius 1 is 0.846 bits per heavy atom. The largest absolute Gasteiger partial charge is 0.324 e. The van der Waals surface area contributed by atoms with Crippen molar-refractivity contribution in [2.24, 2.45) is 0 Å². The number of benzene rings is 2. The quantitative estimate of drug-likeness (QED) is 0.492. The van der Waals surface area contributed by atoms with Crippen molar-refractivity contribution in [3.63, 3.8) is 0 Å². The van der Waals surface area contributed by atoms with Crippen LogP contribution in [0.15, 0.2) is 47.3 Å². The zero-order valence-electron chi connectivity index (χ0n) is 13.2. The molecule has 134 valence electrons. The molecule has 3 rings (SSSR count). The Kier molecular flexibility index (Phi) is 5.56. The average molecular weight is 412 g/mol. The van der Waals surface area contributed by atoms with Crippen molar-refractivity contribution in [2.75, 3.05) is 10.6 Å². The molecule has 9 heteroatoms. The molecule has 4 N–H and O–H groups in total. The monoisotopic (exact) mass is 410 g/mol. The van der Waals surface area contributed by atoms with Gasteiger partial charge in [-0.25, -0.2) is 4.79 Å². The second-order valence-corrected chi connectivity index (χ2v) is 6.59. The van der Waals surface area contributed by atoms with E-state index in [0.717, 1.165) is 0 Å². The number of hydrogen-bond acceptors (Lipinski definition) is 2. The minimum absolute atomic E-state index is 0.152. The minimum atomic E-state index is -0.556. The topological polar surface area (TPSA) is 89.8 Å². The van der Waals surface area contributed by atoms with Crippen LogP contribution in [0.5, 0.6) is 0 Å². The molecule has 3 aromatic rings. The summed E-state index contributed by atoms with van der Waals surface area (Å²) in [5.74, 6) is 0.218. The summed E-state index contributed by atoms with van der Waals surface area (Å²) in [6.07, 6.45) is 0.152. The van der Waals surface area contributed by atoms with Gasteiger partial charge in [-0.1, -0.05) is 53.0 Å². The number of rotatable bonds is 4. The number of anilines is 2. The van der Waals surface area contributed by atoms with E-state index in [1.54, 1.807) is 42.5 Å². The standard InChI is InChI=1S/C17H13Cl3N4O2/c18-11-5-3-6-12(19)9(11)8-10-15(23-24-16(10)25)22-17(26)21-14-7-2-1-4-13(14)20/h1-7H,8H2,(H4,21,22,23,24,25,26).